The quantitative estimate of drug-likeness (QED) is 0.615. The van der Waals surface area contributed by atoms with Crippen molar-refractivity contribution in [1.82, 2.24) is 5.32 Å². The molecule has 1 aliphatic rings. The molecule has 1 aromatic carbocycles. The van der Waals surface area contributed by atoms with Gasteiger partial charge in [-0.25, -0.2) is 0 Å². The van der Waals surface area contributed by atoms with Crippen LogP contribution in [0, 0.1) is 0 Å². The van der Waals surface area contributed by atoms with Gasteiger partial charge >= 0.3 is 0 Å². The van der Waals surface area contributed by atoms with Crippen LogP contribution in [-0.2, 0) is 11.2 Å². The highest BCUT2D eigenvalue weighted by molar-refractivity contribution is 5.82. The Hall–Kier alpha value is -1.59. The first-order chi connectivity index (χ1) is 9.04. The average molecular weight is 264 g/mol. The van der Waals surface area contributed by atoms with Crippen LogP contribution in [0.25, 0.3) is 0 Å². The standard InChI is InChI=1S/C14H20N2O3/c15-12(8-10-2-4-11(18)5-3-10)13(19)16-14(9-17)6-1-7-14/h2-5,12,17-18H,1,6-9,15H2,(H,16,19)/t12-/m0/s1. The van der Waals surface area contributed by atoms with Crippen LogP contribution in [0.3, 0.4) is 0 Å². The summed E-state index contributed by atoms with van der Waals surface area (Å²) < 4.78 is 0. The van der Waals surface area contributed by atoms with Gasteiger partial charge in [0.05, 0.1) is 18.2 Å². The molecule has 1 aromatic rings. The lowest BCUT2D eigenvalue weighted by molar-refractivity contribution is -0.126. The van der Waals surface area contributed by atoms with Gasteiger partial charge in [0.2, 0.25) is 5.91 Å². The third-order valence-corrected chi connectivity index (χ3v) is 3.73. The van der Waals surface area contributed by atoms with E-state index in [4.69, 9.17) is 5.73 Å². The number of aromatic hydroxyl groups is 1. The SMILES string of the molecule is N[C@@H](Cc1ccc(O)cc1)C(=O)NC1(CO)CCC1. The van der Waals surface area contributed by atoms with Crippen molar-refractivity contribution in [3.8, 4) is 5.75 Å². The fourth-order valence-electron chi connectivity index (χ4n) is 2.26. The number of carbonyl (C=O) groups is 1. The van der Waals surface area contributed by atoms with Crippen molar-refractivity contribution < 1.29 is 15.0 Å². The Morgan fingerprint density at radius 1 is 1.37 bits per heavy atom. The summed E-state index contributed by atoms with van der Waals surface area (Å²) in [4.78, 5) is 12.0. The highest BCUT2D eigenvalue weighted by Crippen LogP contribution is 2.31. The first-order valence-corrected chi connectivity index (χ1v) is 6.51. The van der Waals surface area contributed by atoms with Crippen molar-refractivity contribution in [3.05, 3.63) is 29.8 Å². The van der Waals surface area contributed by atoms with Gasteiger partial charge in [-0.3, -0.25) is 4.79 Å². The van der Waals surface area contributed by atoms with Crippen molar-refractivity contribution in [2.75, 3.05) is 6.61 Å². The van der Waals surface area contributed by atoms with Crippen molar-refractivity contribution in [2.24, 2.45) is 5.73 Å². The van der Waals surface area contributed by atoms with Crippen molar-refractivity contribution >= 4 is 5.91 Å². The van der Waals surface area contributed by atoms with Crippen LogP contribution in [0.15, 0.2) is 24.3 Å². The second-order valence-corrected chi connectivity index (χ2v) is 5.26. The smallest absolute Gasteiger partial charge is 0.237 e. The second-order valence-electron chi connectivity index (χ2n) is 5.26. The zero-order chi connectivity index (χ0) is 13.9. The van der Waals surface area contributed by atoms with Gasteiger partial charge in [0, 0.05) is 0 Å². The third kappa shape index (κ3) is 3.24. The molecule has 0 radical (unpaired) electrons. The van der Waals surface area contributed by atoms with Crippen molar-refractivity contribution in [2.45, 2.75) is 37.3 Å². The van der Waals surface area contributed by atoms with Gasteiger partial charge < -0.3 is 21.3 Å². The number of nitrogens with two attached hydrogens (primary N) is 1. The lowest BCUT2D eigenvalue weighted by atomic mass is 9.77. The monoisotopic (exact) mass is 264 g/mol. The molecule has 5 N–H and O–H groups in total. The van der Waals surface area contributed by atoms with E-state index >= 15 is 0 Å². The van der Waals surface area contributed by atoms with Gasteiger partial charge in [0.1, 0.15) is 5.75 Å². The molecular weight excluding hydrogens is 244 g/mol. The molecule has 0 spiro atoms. The number of nitrogens with one attached hydrogen (secondary N) is 1. The molecule has 0 aliphatic heterocycles. The maximum Gasteiger partial charge on any atom is 0.237 e. The van der Waals surface area contributed by atoms with Gasteiger partial charge in [-0.2, -0.15) is 0 Å². The van der Waals surface area contributed by atoms with Crippen LogP contribution in [0.2, 0.25) is 0 Å². The molecule has 1 atom stereocenters. The number of aliphatic hydroxyl groups excluding tert-OH is 1. The number of aliphatic hydroxyl groups is 1. The summed E-state index contributed by atoms with van der Waals surface area (Å²) in [5.41, 5.74) is 6.31. The number of hydrogen-bond donors (Lipinski definition) is 4. The van der Waals surface area contributed by atoms with E-state index in [2.05, 4.69) is 5.32 Å². The van der Waals surface area contributed by atoms with E-state index in [0.717, 1.165) is 24.8 Å². The molecule has 1 saturated carbocycles. The van der Waals surface area contributed by atoms with Crippen molar-refractivity contribution in [1.29, 1.82) is 0 Å². The lowest BCUT2D eigenvalue weighted by Crippen LogP contribution is -2.59. The largest absolute Gasteiger partial charge is 0.508 e. The van der Waals surface area contributed by atoms with Crippen LogP contribution in [0.1, 0.15) is 24.8 Å². The molecule has 19 heavy (non-hydrogen) atoms. The molecule has 1 amide bonds. The van der Waals surface area contributed by atoms with Crippen LogP contribution >= 0.6 is 0 Å². The summed E-state index contributed by atoms with van der Waals surface area (Å²) in [6.45, 7) is -0.0370. The molecule has 0 heterocycles. The predicted molar refractivity (Wildman–Crippen MR) is 71.6 cm³/mol. The molecule has 0 bridgehead atoms. The van der Waals surface area contributed by atoms with E-state index in [0.29, 0.717) is 6.42 Å². The molecule has 1 fully saturated rings. The van der Waals surface area contributed by atoms with Gasteiger partial charge in [0.15, 0.2) is 0 Å². The first kappa shape index (κ1) is 13.8. The summed E-state index contributed by atoms with van der Waals surface area (Å²) in [5.74, 6) is -0.0442. The molecule has 104 valence electrons. The summed E-state index contributed by atoms with van der Waals surface area (Å²) in [6.07, 6.45) is 3.05. The zero-order valence-corrected chi connectivity index (χ0v) is 10.8. The number of hydrogen-bond acceptors (Lipinski definition) is 4. The summed E-state index contributed by atoms with van der Waals surface area (Å²) in [7, 11) is 0. The normalized spacial score (nSPS) is 18.4. The van der Waals surface area contributed by atoms with Crippen LogP contribution < -0.4 is 11.1 Å². The Balaban J connectivity index is 1.90. The highest BCUT2D eigenvalue weighted by Gasteiger charge is 2.38. The van der Waals surface area contributed by atoms with Gasteiger partial charge in [-0.15, -0.1) is 0 Å². The lowest BCUT2D eigenvalue weighted by Gasteiger charge is -2.41. The number of benzene rings is 1. The number of phenolic OH excluding ortho intramolecular Hbond substituents is 1. The van der Waals surface area contributed by atoms with Gasteiger partial charge in [-0.05, 0) is 43.4 Å². The maximum absolute atomic E-state index is 12.0. The Kier molecular flexibility index (Phi) is 4.07. The molecule has 1 aliphatic carbocycles. The fourth-order valence-corrected chi connectivity index (χ4v) is 2.26. The Bertz CT molecular complexity index is 435. The second kappa shape index (κ2) is 5.59. The summed E-state index contributed by atoms with van der Waals surface area (Å²) in [6, 6.07) is 5.98. The zero-order valence-electron chi connectivity index (χ0n) is 10.8. The molecule has 5 heteroatoms. The Morgan fingerprint density at radius 2 is 2.00 bits per heavy atom. The number of rotatable bonds is 5. The summed E-state index contributed by atoms with van der Waals surface area (Å²) in [5, 5.41) is 21.3. The number of amides is 1. The Morgan fingerprint density at radius 3 is 2.47 bits per heavy atom. The molecule has 2 rings (SSSR count). The van der Waals surface area contributed by atoms with Gasteiger partial charge in [-0.1, -0.05) is 12.1 Å². The van der Waals surface area contributed by atoms with Crippen LogP contribution in [-0.4, -0.2) is 34.3 Å². The van der Waals surface area contributed by atoms with Crippen LogP contribution in [0.4, 0.5) is 0 Å². The first-order valence-electron chi connectivity index (χ1n) is 6.51. The molecule has 0 aromatic heterocycles. The molecule has 0 unspecified atom stereocenters. The Labute approximate surface area is 112 Å². The fraction of sp³-hybridized carbons (Fsp3) is 0.500. The number of phenols is 1. The highest BCUT2D eigenvalue weighted by atomic mass is 16.3. The van der Waals surface area contributed by atoms with Gasteiger partial charge in [0.25, 0.3) is 0 Å². The maximum atomic E-state index is 12.0. The van der Waals surface area contributed by atoms with E-state index in [1.165, 1.54) is 0 Å². The predicted octanol–water partition coefficient (Wildman–Crippen LogP) is 0.293. The van der Waals surface area contributed by atoms with E-state index in [1.54, 1.807) is 24.3 Å². The minimum Gasteiger partial charge on any atom is -0.508 e. The molecular formula is C14H20N2O3. The minimum absolute atomic E-state index is 0.0370. The van der Waals surface area contributed by atoms with E-state index < -0.39 is 11.6 Å². The summed E-state index contributed by atoms with van der Waals surface area (Å²) >= 11 is 0. The molecule has 5 nitrogen and oxygen atoms in total. The third-order valence-electron chi connectivity index (χ3n) is 3.73. The minimum atomic E-state index is -0.645. The van der Waals surface area contributed by atoms with E-state index in [9.17, 15) is 15.0 Å². The topological polar surface area (TPSA) is 95.6 Å². The van der Waals surface area contributed by atoms with E-state index in [-0.39, 0.29) is 18.3 Å². The molecule has 0 saturated heterocycles. The van der Waals surface area contributed by atoms with E-state index in [1.807, 2.05) is 0 Å². The van der Waals surface area contributed by atoms with Crippen LogP contribution in [0.5, 0.6) is 5.75 Å². The number of carbonyl (C=O) groups excluding carboxylic acids is 1. The average Bonchev–Trinajstić information content (AvgIpc) is 2.36. The van der Waals surface area contributed by atoms with Crippen molar-refractivity contribution in [3.63, 3.8) is 0 Å².